The van der Waals surface area contributed by atoms with Crippen LogP contribution in [0.15, 0.2) is 71.3 Å². The molecule has 0 unspecified atom stereocenters. The number of amides is 2. The van der Waals surface area contributed by atoms with E-state index in [0.717, 1.165) is 25.7 Å². The molecule has 2 aromatic carbocycles. The third kappa shape index (κ3) is 4.41. The van der Waals surface area contributed by atoms with E-state index < -0.39 is 17.8 Å². The standard InChI is InChI=1S/C25H24FN5O3/c26-17-7-5-10-19(15-17)31(23(32)16-30-21-12-4-3-11-20(21)28-29-30)24(22-13-6-14-34-22)25(33)27-18-8-1-2-9-18/h3-7,10-15,18,24H,1-2,8-9,16H2,(H,27,33)/t24-/m1/s1. The van der Waals surface area contributed by atoms with Crippen LogP contribution in [-0.2, 0) is 16.1 Å². The molecule has 174 valence electrons. The number of aromatic nitrogens is 3. The van der Waals surface area contributed by atoms with Crippen LogP contribution in [0.5, 0.6) is 0 Å². The average Bonchev–Trinajstić information content (AvgIpc) is 3.60. The Kier molecular flexibility index (Phi) is 6.07. The molecule has 1 fully saturated rings. The largest absolute Gasteiger partial charge is 0.467 e. The van der Waals surface area contributed by atoms with Gasteiger partial charge >= 0.3 is 0 Å². The number of fused-ring (bicyclic) bond motifs is 1. The number of carbonyl (C=O) groups excluding carboxylic acids is 2. The maximum atomic E-state index is 14.2. The summed E-state index contributed by atoms with van der Waals surface area (Å²) in [6, 6.07) is 15.1. The second kappa shape index (κ2) is 9.46. The number of nitrogens with one attached hydrogen (secondary N) is 1. The summed E-state index contributed by atoms with van der Waals surface area (Å²) < 4.78 is 21.3. The minimum absolute atomic E-state index is 0.0358. The van der Waals surface area contributed by atoms with Gasteiger partial charge in [-0.05, 0) is 55.3 Å². The maximum absolute atomic E-state index is 14.2. The Morgan fingerprint density at radius 2 is 1.94 bits per heavy atom. The highest BCUT2D eigenvalue weighted by Crippen LogP contribution is 2.30. The average molecular weight is 461 g/mol. The zero-order valence-electron chi connectivity index (χ0n) is 18.4. The minimum atomic E-state index is -1.11. The number of hydrogen-bond donors (Lipinski definition) is 1. The highest BCUT2D eigenvalue weighted by molar-refractivity contribution is 6.01. The van der Waals surface area contributed by atoms with E-state index in [1.165, 1.54) is 34.0 Å². The van der Waals surface area contributed by atoms with Crippen LogP contribution in [0.1, 0.15) is 37.5 Å². The molecule has 0 radical (unpaired) electrons. The number of nitrogens with zero attached hydrogens (tertiary/aromatic N) is 4. The number of furan rings is 1. The van der Waals surface area contributed by atoms with Gasteiger partial charge in [-0.25, -0.2) is 9.07 Å². The third-order valence-corrected chi connectivity index (χ3v) is 6.08. The van der Waals surface area contributed by atoms with Crippen molar-refractivity contribution in [2.24, 2.45) is 0 Å². The van der Waals surface area contributed by atoms with Crippen molar-refractivity contribution < 1.29 is 18.4 Å². The van der Waals surface area contributed by atoms with Gasteiger partial charge in [0.25, 0.3) is 5.91 Å². The minimum Gasteiger partial charge on any atom is -0.467 e. The molecule has 1 atom stereocenters. The third-order valence-electron chi connectivity index (χ3n) is 6.08. The summed E-state index contributed by atoms with van der Waals surface area (Å²) in [5.41, 5.74) is 1.58. The SMILES string of the molecule is O=C(NC1CCCC1)[C@@H](c1ccco1)N(C(=O)Cn1nnc2ccccc21)c1cccc(F)c1. The van der Waals surface area contributed by atoms with Crippen molar-refractivity contribution in [1.82, 2.24) is 20.3 Å². The Morgan fingerprint density at radius 3 is 2.71 bits per heavy atom. The fraction of sp³-hybridized carbons (Fsp3) is 0.280. The van der Waals surface area contributed by atoms with Crippen molar-refractivity contribution in [3.05, 3.63) is 78.5 Å². The van der Waals surface area contributed by atoms with Crippen LogP contribution in [-0.4, -0.2) is 32.9 Å². The molecule has 2 heterocycles. The van der Waals surface area contributed by atoms with Crippen LogP contribution >= 0.6 is 0 Å². The maximum Gasteiger partial charge on any atom is 0.251 e. The number of hydrogen-bond acceptors (Lipinski definition) is 5. The lowest BCUT2D eigenvalue weighted by Gasteiger charge is -2.30. The summed E-state index contributed by atoms with van der Waals surface area (Å²) >= 11 is 0. The highest BCUT2D eigenvalue weighted by atomic mass is 19.1. The van der Waals surface area contributed by atoms with Crippen molar-refractivity contribution in [1.29, 1.82) is 0 Å². The van der Waals surface area contributed by atoms with Gasteiger partial charge < -0.3 is 9.73 Å². The molecule has 0 saturated heterocycles. The molecule has 0 bridgehead atoms. The van der Waals surface area contributed by atoms with E-state index in [4.69, 9.17) is 4.42 Å². The lowest BCUT2D eigenvalue weighted by atomic mass is 10.1. The van der Waals surface area contributed by atoms with E-state index in [0.29, 0.717) is 11.0 Å². The number of halogens is 1. The highest BCUT2D eigenvalue weighted by Gasteiger charge is 2.36. The lowest BCUT2D eigenvalue weighted by Crippen LogP contribution is -2.47. The first-order valence-corrected chi connectivity index (χ1v) is 11.3. The van der Waals surface area contributed by atoms with Gasteiger partial charge in [-0.1, -0.05) is 36.3 Å². The van der Waals surface area contributed by atoms with Gasteiger partial charge in [-0.3, -0.25) is 14.5 Å². The Hall–Kier alpha value is -4.01. The molecule has 1 saturated carbocycles. The van der Waals surface area contributed by atoms with E-state index in [1.807, 2.05) is 18.2 Å². The van der Waals surface area contributed by atoms with Crippen molar-refractivity contribution in [3.63, 3.8) is 0 Å². The summed E-state index contributed by atoms with van der Waals surface area (Å²) in [7, 11) is 0. The van der Waals surface area contributed by atoms with Crippen LogP contribution in [0.2, 0.25) is 0 Å². The summed E-state index contributed by atoms with van der Waals surface area (Å²) in [6.45, 7) is -0.190. The first kappa shape index (κ1) is 21.8. The fourth-order valence-corrected chi connectivity index (χ4v) is 4.47. The summed E-state index contributed by atoms with van der Waals surface area (Å²) in [4.78, 5) is 28.5. The van der Waals surface area contributed by atoms with Crippen LogP contribution in [0.25, 0.3) is 11.0 Å². The quantitative estimate of drug-likeness (QED) is 0.449. The molecule has 0 aliphatic heterocycles. The molecule has 2 aromatic heterocycles. The van der Waals surface area contributed by atoms with Gasteiger partial charge in [0.05, 0.1) is 11.8 Å². The molecule has 2 amide bonds. The van der Waals surface area contributed by atoms with Crippen molar-refractivity contribution in [2.45, 2.75) is 44.3 Å². The topological polar surface area (TPSA) is 93.3 Å². The molecule has 1 aliphatic carbocycles. The second-order valence-electron chi connectivity index (χ2n) is 8.39. The normalized spacial score (nSPS) is 14.9. The van der Waals surface area contributed by atoms with Gasteiger partial charge in [-0.15, -0.1) is 5.10 Å². The molecule has 8 nitrogen and oxygen atoms in total. The zero-order chi connectivity index (χ0) is 23.5. The zero-order valence-corrected chi connectivity index (χ0v) is 18.4. The number of benzene rings is 2. The van der Waals surface area contributed by atoms with E-state index in [-0.39, 0.29) is 29.9 Å². The molecule has 34 heavy (non-hydrogen) atoms. The van der Waals surface area contributed by atoms with Gasteiger partial charge in [0.15, 0.2) is 6.04 Å². The summed E-state index contributed by atoms with van der Waals surface area (Å²) in [5.74, 6) is -1.06. The molecule has 1 aliphatic rings. The Morgan fingerprint density at radius 1 is 1.12 bits per heavy atom. The Balaban J connectivity index is 1.54. The van der Waals surface area contributed by atoms with Crippen LogP contribution < -0.4 is 10.2 Å². The van der Waals surface area contributed by atoms with Crippen LogP contribution in [0, 0.1) is 5.82 Å². The lowest BCUT2D eigenvalue weighted by molar-refractivity contribution is -0.127. The molecule has 4 aromatic rings. The molecule has 0 spiro atoms. The monoisotopic (exact) mass is 461 g/mol. The molecular formula is C25H24FN5O3. The van der Waals surface area contributed by atoms with Crippen molar-refractivity contribution >= 4 is 28.5 Å². The van der Waals surface area contributed by atoms with Crippen LogP contribution in [0.3, 0.4) is 0 Å². The van der Waals surface area contributed by atoms with E-state index in [1.54, 1.807) is 24.3 Å². The summed E-state index contributed by atoms with van der Waals surface area (Å²) in [5, 5.41) is 11.3. The molecule has 1 N–H and O–H groups in total. The second-order valence-corrected chi connectivity index (χ2v) is 8.39. The van der Waals surface area contributed by atoms with E-state index in [2.05, 4.69) is 15.6 Å². The van der Waals surface area contributed by atoms with Crippen molar-refractivity contribution in [3.8, 4) is 0 Å². The fourth-order valence-electron chi connectivity index (χ4n) is 4.47. The van der Waals surface area contributed by atoms with Gasteiger partial charge in [0, 0.05) is 11.7 Å². The summed E-state index contributed by atoms with van der Waals surface area (Å²) in [6.07, 6.45) is 5.31. The van der Waals surface area contributed by atoms with Gasteiger partial charge in [-0.2, -0.15) is 0 Å². The molecule has 9 heteroatoms. The smallest absolute Gasteiger partial charge is 0.251 e. The number of para-hydroxylation sites is 1. The van der Waals surface area contributed by atoms with Gasteiger partial charge in [0.2, 0.25) is 5.91 Å². The Labute approximate surface area is 195 Å². The predicted molar refractivity (Wildman–Crippen MR) is 123 cm³/mol. The number of carbonyl (C=O) groups is 2. The Bertz CT molecular complexity index is 1300. The van der Waals surface area contributed by atoms with Crippen LogP contribution in [0.4, 0.5) is 10.1 Å². The molecular weight excluding hydrogens is 437 g/mol. The first-order chi connectivity index (χ1) is 16.6. The number of rotatable bonds is 7. The predicted octanol–water partition coefficient (Wildman–Crippen LogP) is 4.00. The number of anilines is 1. The first-order valence-electron chi connectivity index (χ1n) is 11.3. The van der Waals surface area contributed by atoms with Crippen molar-refractivity contribution in [2.75, 3.05) is 4.90 Å². The van der Waals surface area contributed by atoms with E-state index >= 15 is 0 Å². The van der Waals surface area contributed by atoms with Gasteiger partial charge in [0.1, 0.15) is 23.6 Å². The molecule has 5 rings (SSSR count). The van der Waals surface area contributed by atoms with E-state index in [9.17, 15) is 14.0 Å².